The van der Waals surface area contributed by atoms with Crippen molar-refractivity contribution in [3.8, 4) is 0 Å². The Morgan fingerprint density at radius 2 is 1.70 bits per heavy atom. The SMILES string of the molecule is Cc1cc(C)nc(SCC2=C(C(=O)O)N3C(=O)[C@@H](NC(=O)CCCC(C(=O)O)N4C(=O)c5ccccc5C4=O)[C@@H]3SC2)n1. The van der Waals surface area contributed by atoms with Gasteiger partial charge in [0, 0.05) is 29.3 Å². The third-order valence-corrected chi connectivity index (χ3v) is 9.48. The molecule has 4 heterocycles. The van der Waals surface area contributed by atoms with Crippen LogP contribution in [0.2, 0.25) is 0 Å². The number of aliphatic carboxylic acids is 2. The fraction of sp³-hybridized carbons (Fsp3) is 0.357. The lowest BCUT2D eigenvalue weighted by Gasteiger charge is -2.49. The number of carbonyl (C=O) groups excluding carboxylic acids is 4. The topological polar surface area (TPSA) is 187 Å². The number of hydrogen-bond donors (Lipinski definition) is 3. The molecule has 0 radical (unpaired) electrons. The Labute approximate surface area is 254 Å². The van der Waals surface area contributed by atoms with Crippen LogP contribution in [0.25, 0.3) is 0 Å². The minimum absolute atomic E-state index is 0.0286. The van der Waals surface area contributed by atoms with Gasteiger partial charge in [-0.3, -0.25) is 29.0 Å². The average molecular weight is 626 g/mol. The van der Waals surface area contributed by atoms with Crippen molar-refractivity contribution >= 4 is 59.1 Å². The highest BCUT2D eigenvalue weighted by Crippen LogP contribution is 2.41. The number of benzene rings is 1. The number of imide groups is 1. The molecular formula is C28H27N5O8S2. The Bertz CT molecular complexity index is 1540. The summed E-state index contributed by atoms with van der Waals surface area (Å²) >= 11 is 2.62. The number of aromatic nitrogens is 2. The summed E-state index contributed by atoms with van der Waals surface area (Å²) in [5, 5.41) is 22.2. The minimum Gasteiger partial charge on any atom is -0.480 e. The Hall–Kier alpha value is -4.24. The number of thioether (sulfide) groups is 2. The van der Waals surface area contributed by atoms with E-state index in [2.05, 4.69) is 15.3 Å². The molecule has 1 aromatic heterocycles. The summed E-state index contributed by atoms with van der Waals surface area (Å²) in [6.07, 6.45) is -0.289. The number of hydrogen-bond acceptors (Lipinski definition) is 10. The highest BCUT2D eigenvalue weighted by Gasteiger charge is 2.54. The molecule has 3 aliphatic rings. The Morgan fingerprint density at radius 1 is 1.07 bits per heavy atom. The van der Waals surface area contributed by atoms with Crippen LogP contribution in [0.15, 0.2) is 46.8 Å². The fourth-order valence-electron chi connectivity index (χ4n) is 5.26. The van der Waals surface area contributed by atoms with Crippen LogP contribution in [0.3, 0.4) is 0 Å². The van der Waals surface area contributed by atoms with Gasteiger partial charge in [0.05, 0.1) is 11.1 Å². The molecule has 13 nitrogen and oxygen atoms in total. The second-order valence-corrected chi connectivity index (χ2v) is 12.3. The van der Waals surface area contributed by atoms with Crippen LogP contribution in [0, 0.1) is 13.8 Å². The van der Waals surface area contributed by atoms with Crippen LogP contribution in [0.5, 0.6) is 0 Å². The highest BCUT2D eigenvalue weighted by atomic mass is 32.2. The average Bonchev–Trinajstić information content (AvgIpc) is 3.21. The number of β-lactam (4-membered cyclic amide) rings is 1. The van der Waals surface area contributed by atoms with Gasteiger partial charge >= 0.3 is 11.9 Å². The number of nitrogens with zero attached hydrogens (tertiary/aromatic N) is 4. The van der Waals surface area contributed by atoms with E-state index in [1.54, 1.807) is 12.1 Å². The fourth-order valence-corrected chi connectivity index (χ4v) is 7.69. The van der Waals surface area contributed by atoms with Crippen molar-refractivity contribution in [2.24, 2.45) is 0 Å². The van der Waals surface area contributed by atoms with Crippen molar-refractivity contribution in [2.45, 2.75) is 55.7 Å². The van der Waals surface area contributed by atoms with E-state index in [9.17, 15) is 39.0 Å². The number of amides is 4. The van der Waals surface area contributed by atoms with Crippen LogP contribution < -0.4 is 5.32 Å². The van der Waals surface area contributed by atoms with E-state index in [0.29, 0.717) is 21.4 Å². The van der Waals surface area contributed by atoms with Gasteiger partial charge in [-0.05, 0) is 50.5 Å². The molecule has 1 saturated heterocycles. The summed E-state index contributed by atoms with van der Waals surface area (Å²) in [6, 6.07) is 5.51. The van der Waals surface area contributed by atoms with Crippen molar-refractivity contribution < 1.29 is 39.0 Å². The summed E-state index contributed by atoms with van der Waals surface area (Å²) < 4.78 is 0. The van der Waals surface area contributed by atoms with Gasteiger partial charge in [0.25, 0.3) is 17.7 Å². The smallest absolute Gasteiger partial charge is 0.352 e. The summed E-state index contributed by atoms with van der Waals surface area (Å²) in [4.78, 5) is 85.8. The van der Waals surface area contributed by atoms with E-state index in [4.69, 9.17) is 0 Å². The maximum absolute atomic E-state index is 13.0. The number of fused-ring (bicyclic) bond motifs is 2. The molecule has 2 aromatic rings. The molecule has 1 aromatic carbocycles. The van der Waals surface area contributed by atoms with E-state index >= 15 is 0 Å². The quantitative estimate of drug-likeness (QED) is 0.143. The van der Waals surface area contributed by atoms with Gasteiger partial charge in [0.15, 0.2) is 5.16 Å². The molecule has 3 atom stereocenters. The normalized spacial score (nSPS) is 20.0. The second kappa shape index (κ2) is 12.2. The zero-order valence-corrected chi connectivity index (χ0v) is 24.7. The van der Waals surface area contributed by atoms with E-state index in [1.807, 2.05) is 19.9 Å². The number of carbonyl (C=O) groups is 6. The van der Waals surface area contributed by atoms with Crippen molar-refractivity contribution in [3.63, 3.8) is 0 Å². The molecule has 0 spiro atoms. The van der Waals surface area contributed by atoms with Gasteiger partial charge in [-0.2, -0.15) is 0 Å². The number of nitrogens with one attached hydrogen (secondary N) is 1. The van der Waals surface area contributed by atoms with Crippen molar-refractivity contribution in [2.75, 3.05) is 11.5 Å². The first-order valence-corrected chi connectivity index (χ1v) is 15.4. The minimum atomic E-state index is -1.46. The molecular weight excluding hydrogens is 598 g/mol. The number of aryl methyl sites for hydroxylation is 2. The summed E-state index contributed by atoms with van der Waals surface area (Å²) in [6.45, 7) is 3.68. The molecule has 4 amide bonds. The van der Waals surface area contributed by atoms with E-state index in [0.717, 1.165) is 11.4 Å². The van der Waals surface area contributed by atoms with Gasteiger partial charge < -0.3 is 15.5 Å². The van der Waals surface area contributed by atoms with Crippen LogP contribution in [0.1, 0.15) is 51.4 Å². The molecule has 15 heteroatoms. The van der Waals surface area contributed by atoms with Crippen LogP contribution in [-0.4, -0.2) is 94.5 Å². The molecule has 0 aliphatic carbocycles. The lowest BCUT2D eigenvalue weighted by atomic mass is 10.0. The summed E-state index contributed by atoms with van der Waals surface area (Å²) in [7, 11) is 0. The predicted molar refractivity (Wildman–Crippen MR) is 154 cm³/mol. The van der Waals surface area contributed by atoms with Gasteiger partial charge in [-0.25, -0.2) is 19.6 Å². The molecule has 43 heavy (non-hydrogen) atoms. The largest absolute Gasteiger partial charge is 0.480 e. The van der Waals surface area contributed by atoms with E-state index in [1.165, 1.54) is 40.6 Å². The monoisotopic (exact) mass is 625 g/mol. The third kappa shape index (κ3) is 5.86. The van der Waals surface area contributed by atoms with Crippen LogP contribution >= 0.6 is 23.5 Å². The second-order valence-electron chi connectivity index (χ2n) is 10.2. The zero-order valence-electron chi connectivity index (χ0n) is 23.1. The first-order valence-electron chi connectivity index (χ1n) is 13.3. The summed E-state index contributed by atoms with van der Waals surface area (Å²) in [5.74, 6) is -4.48. The van der Waals surface area contributed by atoms with Gasteiger partial charge in [-0.1, -0.05) is 23.9 Å². The first-order chi connectivity index (χ1) is 20.5. The van der Waals surface area contributed by atoms with E-state index < -0.39 is 53.0 Å². The lowest BCUT2D eigenvalue weighted by Crippen LogP contribution is -2.70. The summed E-state index contributed by atoms with van der Waals surface area (Å²) in [5.41, 5.74) is 2.28. The molecule has 0 saturated carbocycles. The predicted octanol–water partition coefficient (Wildman–Crippen LogP) is 1.84. The number of rotatable bonds is 11. The highest BCUT2D eigenvalue weighted by molar-refractivity contribution is 8.01. The molecule has 5 rings (SSSR count). The number of carboxylic acids is 2. The standard InChI is InChI=1S/C28H27N5O8S2/c1-13-10-14(2)30-28(29-13)43-12-15-11-42-25-20(24(37)33(25)21(15)27(40)41)31-19(34)9-5-8-18(26(38)39)32-22(35)16-6-3-4-7-17(16)23(32)36/h3-4,6-7,10,18,20,25H,5,8-9,11-12H2,1-2H3,(H,31,34)(H,38,39)(H,40,41)/t18?,20-,25+/m1/s1. The van der Waals surface area contributed by atoms with Gasteiger partial charge in [-0.15, -0.1) is 11.8 Å². The van der Waals surface area contributed by atoms with Crippen molar-refractivity contribution in [3.05, 3.63) is 64.1 Å². The molecule has 1 unspecified atom stereocenters. The maximum Gasteiger partial charge on any atom is 0.352 e. The molecule has 224 valence electrons. The van der Waals surface area contributed by atoms with Crippen LogP contribution in [-0.2, 0) is 19.2 Å². The Morgan fingerprint density at radius 3 is 2.28 bits per heavy atom. The van der Waals surface area contributed by atoms with Crippen LogP contribution in [0.4, 0.5) is 0 Å². The lowest BCUT2D eigenvalue weighted by molar-refractivity contribution is -0.150. The Balaban J connectivity index is 1.17. The molecule has 3 aliphatic heterocycles. The third-order valence-electron chi connectivity index (χ3n) is 7.21. The first kappa shape index (κ1) is 30.2. The molecule has 3 N–H and O–H groups in total. The molecule has 1 fully saturated rings. The van der Waals surface area contributed by atoms with Gasteiger partial charge in [0.1, 0.15) is 23.2 Å². The Kier molecular flexibility index (Phi) is 8.55. The van der Waals surface area contributed by atoms with Crippen molar-refractivity contribution in [1.82, 2.24) is 25.1 Å². The maximum atomic E-state index is 13.0. The number of carboxylic acid groups (broad SMARTS) is 2. The molecule has 0 bridgehead atoms. The zero-order chi connectivity index (χ0) is 31.0. The van der Waals surface area contributed by atoms with E-state index in [-0.39, 0.29) is 41.8 Å². The van der Waals surface area contributed by atoms with Gasteiger partial charge in [0.2, 0.25) is 5.91 Å². The van der Waals surface area contributed by atoms with Crippen molar-refractivity contribution in [1.29, 1.82) is 0 Å².